The second-order valence-electron chi connectivity index (χ2n) is 7.69. The third-order valence-electron chi connectivity index (χ3n) is 5.72. The lowest BCUT2D eigenvalue weighted by Crippen LogP contribution is -2.47. The van der Waals surface area contributed by atoms with Crippen LogP contribution in [0.2, 0.25) is 0 Å². The van der Waals surface area contributed by atoms with Crippen LogP contribution in [0.4, 0.5) is 11.5 Å². The highest BCUT2D eigenvalue weighted by atomic mass is 79.9. The molecule has 1 saturated carbocycles. The van der Waals surface area contributed by atoms with Gasteiger partial charge in [-0.05, 0) is 73.6 Å². The average molecular weight is 443 g/mol. The van der Waals surface area contributed by atoms with Crippen molar-refractivity contribution in [1.82, 2.24) is 9.88 Å². The molecular formula is C18H27BrN4O2S. The van der Waals surface area contributed by atoms with E-state index in [1.54, 1.807) is 6.20 Å². The number of piperidine rings is 2. The van der Waals surface area contributed by atoms with Crippen LogP contribution in [0.3, 0.4) is 0 Å². The summed E-state index contributed by atoms with van der Waals surface area (Å²) in [5, 5.41) is -0.237. The minimum Gasteiger partial charge on any atom is -0.355 e. The number of rotatable bonds is 5. The Morgan fingerprint density at radius 3 is 2.38 bits per heavy atom. The number of sulfonamides is 1. The summed E-state index contributed by atoms with van der Waals surface area (Å²) < 4.78 is 28.4. The molecule has 1 aromatic rings. The number of likely N-dealkylation sites (tertiary alicyclic amines) is 1. The van der Waals surface area contributed by atoms with E-state index in [-0.39, 0.29) is 5.25 Å². The Balaban J connectivity index is 1.46. The standard InChI is InChI=1S/C18H27BrN4O2S/c19-14-12-17(21-26(24,25)16-4-5-16)18(20-13-14)23-10-6-15(7-11-23)22-8-2-1-3-9-22/h12-13,15-16,21H,1-11H2. The van der Waals surface area contributed by atoms with E-state index >= 15 is 0 Å². The van der Waals surface area contributed by atoms with E-state index in [4.69, 9.17) is 0 Å². The van der Waals surface area contributed by atoms with Crippen LogP contribution in [0.15, 0.2) is 16.7 Å². The molecule has 0 bridgehead atoms. The van der Waals surface area contributed by atoms with Crippen molar-refractivity contribution in [3.63, 3.8) is 0 Å². The first-order chi connectivity index (χ1) is 12.5. The van der Waals surface area contributed by atoms with Gasteiger partial charge in [0, 0.05) is 29.8 Å². The second kappa shape index (κ2) is 7.64. The van der Waals surface area contributed by atoms with Gasteiger partial charge in [-0.1, -0.05) is 6.42 Å². The maximum atomic E-state index is 12.4. The molecule has 8 heteroatoms. The third-order valence-corrected chi connectivity index (χ3v) is 8.01. The van der Waals surface area contributed by atoms with Gasteiger partial charge in [-0.3, -0.25) is 4.72 Å². The number of anilines is 2. The Hall–Kier alpha value is -0.860. The zero-order valence-electron chi connectivity index (χ0n) is 15.0. The van der Waals surface area contributed by atoms with Crippen LogP contribution < -0.4 is 9.62 Å². The van der Waals surface area contributed by atoms with E-state index in [0.29, 0.717) is 11.7 Å². The van der Waals surface area contributed by atoms with Crippen molar-refractivity contribution in [2.75, 3.05) is 35.8 Å². The molecule has 0 amide bonds. The number of aromatic nitrogens is 1. The molecule has 1 aromatic heterocycles. The first-order valence-corrected chi connectivity index (χ1v) is 12.0. The summed E-state index contributed by atoms with van der Waals surface area (Å²) in [6.45, 7) is 4.31. The molecule has 0 spiro atoms. The van der Waals surface area contributed by atoms with Crippen molar-refractivity contribution in [1.29, 1.82) is 0 Å². The van der Waals surface area contributed by atoms with E-state index in [2.05, 4.69) is 35.4 Å². The summed E-state index contributed by atoms with van der Waals surface area (Å²) >= 11 is 3.42. The zero-order chi connectivity index (χ0) is 18.1. The van der Waals surface area contributed by atoms with Gasteiger partial charge in [-0.2, -0.15) is 0 Å². The topological polar surface area (TPSA) is 65.5 Å². The Morgan fingerprint density at radius 2 is 1.73 bits per heavy atom. The SMILES string of the molecule is O=S(=O)(Nc1cc(Br)cnc1N1CCC(N2CCCCC2)CC1)C1CC1. The molecule has 2 saturated heterocycles. The van der Waals surface area contributed by atoms with E-state index in [1.807, 2.05) is 6.07 Å². The summed E-state index contributed by atoms with van der Waals surface area (Å²) in [5.41, 5.74) is 0.600. The summed E-state index contributed by atoms with van der Waals surface area (Å²) in [7, 11) is -3.29. The van der Waals surface area contributed by atoms with Crippen molar-refractivity contribution in [2.45, 2.75) is 56.2 Å². The fourth-order valence-corrected chi connectivity index (χ4v) is 5.81. The molecule has 4 rings (SSSR count). The lowest BCUT2D eigenvalue weighted by Gasteiger charge is -2.40. The first kappa shape index (κ1) is 18.5. The van der Waals surface area contributed by atoms with E-state index in [1.165, 1.54) is 32.4 Å². The molecule has 2 aliphatic heterocycles. The average Bonchev–Trinajstić information content (AvgIpc) is 3.48. The quantitative estimate of drug-likeness (QED) is 0.757. The second-order valence-corrected chi connectivity index (χ2v) is 10.6. The molecule has 6 nitrogen and oxygen atoms in total. The Morgan fingerprint density at radius 1 is 1.04 bits per heavy atom. The van der Waals surface area contributed by atoms with Crippen molar-refractivity contribution < 1.29 is 8.42 Å². The molecule has 3 fully saturated rings. The van der Waals surface area contributed by atoms with Crippen LogP contribution in [-0.2, 0) is 10.0 Å². The molecule has 1 aliphatic carbocycles. The molecular weight excluding hydrogens is 416 g/mol. The summed E-state index contributed by atoms with van der Waals surface area (Å²) in [6.07, 6.45) is 9.51. The largest absolute Gasteiger partial charge is 0.355 e. The Bertz CT molecular complexity index is 740. The Labute approximate surface area is 164 Å². The van der Waals surface area contributed by atoms with Crippen molar-refractivity contribution in [3.8, 4) is 0 Å². The first-order valence-electron chi connectivity index (χ1n) is 9.69. The van der Waals surface area contributed by atoms with E-state index in [0.717, 1.165) is 49.1 Å². The fraction of sp³-hybridized carbons (Fsp3) is 0.722. The molecule has 0 atom stereocenters. The molecule has 26 heavy (non-hydrogen) atoms. The number of hydrogen-bond donors (Lipinski definition) is 1. The highest BCUT2D eigenvalue weighted by Crippen LogP contribution is 2.34. The highest BCUT2D eigenvalue weighted by Gasteiger charge is 2.36. The number of pyridine rings is 1. The summed E-state index contributed by atoms with van der Waals surface area (Å²) in [4.78, 5) is 9.42. The lowest BCUT2D eigenvalue weighted by atomic mass is 10.00. The number of hydrogen-bond acceptors (Lipinski definition) is 5. The minimum absolute atomic E-state index is 0.237. The van der Waals surface area contributed by atoms with Gasteiger partial charge in [-0.25, -0.2) is 13.4 Å². The molecule has 3 aliphatic rings. The van der Waals surface area contributed by atoms with E-state index in [9.17, 15) is 8.42 Å². The van der Waals surface area contributed by atoms with Gasteiger partial charge >= 0.3 is 0 Å². The van der Waals surface area contributed by atoms with E-state index < -0.39 is 10.0 Å². The zero-order valence-corrected chi connectivity index (χ0v) is 17.4. The number of nitrogens with one attached hydrogen (secondary N) is 1. The molecule has 0 radical (unpaired) electrons. The van der Waals surface area contributed by atoms with Crippen LogP contribution in [0.1, 0.15) is 44.9 Å². The predicted octanol–water partition coefficient (Wildman–Crippen LogP) is 3.20. The third kappa shape index (κ3) is 4.17. The fourth-order valence-electron chi connectivity index (χ4n) is 4.10. The van der Waals surface area contributed by atoms with Gasteiger partial charge in [0.05, 0.1) is 10.9 Å². The maximum Gasteiger partial charge on any atom is 0.235 e. The van der Waals surface area contributed by atoms with Gasteiger partial charge in [0.25, 0.3) is 0 Å². The van der Waals surface area contributed by atoms with Crippen molar-refractivity contribution >= 4 is 37.5 Å². The van der Waals surface area contributed by atoms with Crippen LogP contribution >= 0.6 is 15.9 Å². The molecule has 144 valence electrons. The normalized spacial score (nSPS) is 23.2. The van der Waals surface area contributed by atoms with Gasteiger partial charge in [0.15, 0.2) is 5.82 Å². The van der Waals surface area contributed by atoms with Gasteiger partial charge in [0.2, 0.25) is 10.0 Å². The van der Waals surface area contributed by atoms with Crippen molar-refractivity contribution in [3.05, 3.63) is 16.7 Å². The van der Waals surface area contributed by atoms with Crippen LogP contribution in [0, 0.1) is 0 Å². The highest BCUT2D eigenvalue weighted by molar-refractivity contribution is 9.10. The maximum absolute atomic E-state index is 12.4. The van der Waals surface area contributed by atoms with Crippen LogP contribution in [0.5, 0.6) is 0 Å². The summed E-state index contributed by atoms with van der Waals surface area (Å²) in [5.74, 6) is 0.759. The molecule has 0 aromatic carbocycles. The minimum atomic E-state index is -3.29. The lowest BCUT2D eigenvalue weighted by molar-refractivity contribution is 0.141. The molecule has 3 heterocycles. The predicted molar refractivity (Wildman–Crippen MR) is 108 cm³/mol. The van der Waals surface area contributed by atoms with Crippen molar-refractivity contribution in [2.24, 2.45) is 0 Å². The van der Waals surface area contributed by atoms with Gasteiger partial charge < -0.3 is 9.80 Å². The summed E-state index contributed by atoms with van der Waals surface area (Å²) in [6, 6.07) is 2.49. The smallest absolute Gasteiger partial charge is 0.235 e. The number of nitrogens with zero attached hydrogens (tertiary/aromatic N) is 3. The van der Waals surface area contributed by atoms with Gasteiger partial charge in [-0.15, -0.1) is 0 Å². The monoisotopic (exact) mass is 442 g/mol. The Kier molecular flexibility index (Phi) is 5.43. The molecule has 1 N–H and O–H groups in total. The molecule has 0 unspecified atom stereocenters. The van der Waals surface area contributed by atoms with Gasteiger partial charge in [0.1, 0.15) is 0 Å². The van der Waals surface area contributed by atoms with Crippen LogP contribution in [-0.4, -0.2) is 55.8 Å². The van der Waals surface area contributed by atoms with Crippen LogP contribution in [0.25, 0.3) is 0 Å². The number of halogens is 1.